The van der Waals surface area contributed by atoms with E-state index in [2.05, 4.69) is 0 Å². The number of benzene rings is 1. The van der Waals surface area contributed by atoms with Gasteiger partial charge >= 0.3 is 0 Å². The van der Waals surface area contributed by atoms with Gasteiger partial charge in [0.25, 0.3) is 0 Å². The summed E-state index contributed by atoms with van der Waals surface area (Å²) in [7, 11) is -1.77. The normalized spacial score (nSPS) is 26.0. The summed E-state index contributed by atoms with van der Waals surface area (Å²) >= 11 is 6.36. The second-order valence-electron chi connectivity index (χ2n) is 6.17. The van der Waals surface area contributed by atoms with Gasteiger partial charge in [0.1, 0.15) is 0 Å². The number of halogens is 1. The van der Waals surface area contributed by atoms with E-state index in [1.807, 2.05) is 12.1 Å². The van der Waals surface area contributed by atoms with Gasteiger partial charge in [0, 0.05) is 13.1 Å². The van der Waals surface area contributed by atoms with Crippen LogP contribution in [0.15, 0.2) is 23.1 Å². The molecule has 0 saturated heterocycles. The highest BCUT2D eigenvalue weighted by Crippen LogP contribution is 2.31. The van der Waals surface area contributed by atoms with Crippen molar-refractivity contribution < 1.29 is 8.42 Å². The van der Waals surface area contributed by atoms with Crippen LogP contribution in [0.2, 0.25) is 0 Å². The van der Waals surface area contributed by atoms with Gasteiger partial charge < -0.3 is 0 Å². The monoisotopic (exact) mass is 327 g/mol. The number of rotatable bonds is 3. The van der Waals surface area contributed by atoms with Gasteiger partial charge in [0.2, 0.25) is 10.0 Å². The molecular formula is C16H22ClNO2S. The Balaban J connectivity index is 1.89. The predicted molar refractivity (Wildman–Crippen MR) is 85.3 cm³/mol. The lowest BCUT2D eigenvalue weighted by molar-refractivity contribution is 0.291. The predicted octanol–water partition coefficient (Wildman–Crippen LogP) is 3.35. The molecule has 116 valence electrons. The zero-order valence-electron chi connectivity index (χ0n) is 12.4. The molecule has 3 nitrogen and oxygen atoms in total. The quantitative estimate of drug-likeness (QED) is 0.798. The minimum Gasteiger partial charge on any atom is -0.207 e. The summed E-state index contributed by atoms with van der Waals surface area (Å²) in [6.07, 6.45) is 7.09. The Labute approximate surface area is 132 Å². The third-order valence-corrected chi connectivity index (χ3v) is 7.25. The number of fused-ring (bicyclic) bond motifs is 1. The van der Waals surface area contributed by atoms with Crippen LogP contribution in [0.1, 0.15) is 43.2 Å². The molecule has 0 bridgehead atoms. The second-order valence-corrected chi connectivity index (χ2v) is 8.73. The van der Waals surface area contributed by atoms with Crippen LogP contribution in [0.3, 0.4) is 0 Å². The standard InChI is InChI=1S/C16H22ClNO2S/c1-18(16-8-3-2-7-15(16)17)21(19,20)14-10-9-12-5-4-6-13(12)11-14/h9-11,15-16H,2-8H2,1H3. The molecule has 1 fully saturated rings. The molecule has 0 spiro atoms. The second kappa shape index (κ2) is 5.90. The Hall–Kier alpha value is -0.580. The summed E-state index contributed by atoms with van der Waals surface area (Å²) in [6.45, 7) is 0. The summed E-state index contributed by atoms with van der Waals surface area (Å²) in [6, 6.07) is 5.50. The fourth-order valence-electron chi connectivity index (χ4n) is 3.53. The fourth-order valence-corrected chi connectivity index (χ4v) is 5.52. The average Bonchev–Trinajstić information content (AvgIpc) is 2.94. The maximum atomic E-state index is 12.8. The largest absolute Gasteiger partial charge is 0.243 e. The Kier molecular flexibility index (Phi) is 4.30. The molecule has 0 aromatic heterocycles. The molecule has 1 aromatic carbocycles. The van der Waals surface area contributed by atoms with Crippen molar-refractivity contribution in [1.29, 1.82) is 0 Å². The Morgan fingerprint density at radius 3 is 2.57 bits per heavy atom. The molecule has 0 aliphatic heterocycles. The lowest BCUT2D eigenvalue weighted by Crippen LogP contribution is -2.44. The van der Waals surface area contributed by atoms with Crippen LogP contribution < -0.4 is 0 Å². The van der Waals surface area contributed by atoms with E-state index in [4.69, 9.17) is 11.6 Å². The number of hydrogen-bond acceptors (Lipinski definition) is 2. The topological polar surface area (TPSA) is 37.4 Å². The molecule has 0 amide bonds. The van der Waals surface area contributed by atoms with Crippen LogP contribution in [-0.2, 0) is 22.9 Å². The molecule has 2 aliphatic rings. The zero-order valence-corrected chi connectivity index (χ0v) is 14.0. The first kappa shape index (κ1) is 15.3. The number of aryl methyl sites for hydroxylation is 2. The van der Waals surface area contributed by atoms with E-state index in [1.54, 1.807) is 13.1 Å². The highest BCUT2D eigenvalue weighted by Gasteiger charge is 2.34. The van der Waals surface area contributed by atoms with E-state index in [1.165, 1.54) is 15.4 Å². The minimum atomic E-state index is -3.44. The SMILES string of the molecule is CN(C1CCCCC1Cl)S(=O)(=O)c1ccc2c(c1)CCC2. The highest BCUT2D eigenvalue weighted by molar-refractivity contribution is 7.89. The number of nitrogens with zero attached hydrogens (tertiary/aromatic N) is 1. The minimum absolute atomic E-state index is 0.0760. The van der Waals surface area contributed by atoms with E-state index >= 15 is 0 Å². The van der Waals surface area contributed by atoms with Crippen molar-refractivity contribution in [3.05, 3.63) is 29.3 Å². The van der Waals surface area contributed by atoms with Crippen molar-refractivity contribution in [1.82, 2.24) is 4.31 Å². The molecule has 2 atom stereocenters. The van der Waals surface area contributed by atoms with Gasteiger partial charge in [-0.05, 0) is 55.4 Å². The Morgan fingerprint density at radius 2 is 1.81 bits per heavy atom. The lowest BCUT2D eigenvalue weighted by atomic mass is 9.95. The molecule has 0 N–H and O–H groups in total. The van der Waals surface area contributed by atoms with Crippen LogP contribution in [-0.4, -0.2) is 31.2 Å². The number of sulfonamides is 1. The molecule has 21 heavy (non-hydrogen) atoms. The van der Waals surface area contributed by atoms with Crippen LogP contribution >= 0.6 is 11.6 Å². The van der Waals surface area contributed by atoms with E-state index in [9.17, 15) is 8.42 Å². The van der Waals surface area contributed by atoms with Crippen molar-refractivity contribution in [2.24, 2.45) is 0 Å². The maximum Gasteiger partial charge on any atom is 0.243 e. The van der Waals surface area contributed by atoms with Crippen molar-refractivity contribution in [3.8, 4) is 0 Å². The first-order valence-corrected chi connectivity index (χ1v) is 9.62. The summed E-state index contributed by atoms with van der Waals surface area (Å²) in [4.78, 5) is 0.417. The van der Waals surface area contributed by atoms with Crippen LogP contribution in [0.4, 0.5) is 0 Å². The zero-order chi connectivity index (χ0) is 15.0. The van der Waals surface area contributed by atoms with Gasteiger partial charge in [-0.15, -0.1) is 11.6 Å². The van der Waals surface area contributed by atoms with E-state index < -0.39 is 10.0 Å². The smallest absolute Gasteiger partial charge is 0.207 e. The Morgan fingerprint density at radius 1 is 1.10 bits per heavy atom. The van der Waals surface area contributed by atoms with Crippen LogP contribution in [0.5, 0.6) is 0 Å². The van der Waals surface area contributed by atoms with Gasteiger partial charge in [-0.2, -0.15) is 4.31 Å². The number of alkyl halides is 1. The van der Waals surface area contributed by atoms with Crippen molar-refractivity contribution in [2.45, 2.75) is 61.3 Å². The van der Waals surface area contributed by atoms with Crippen molar-refractivity contribution in [3.63, 3.8) is 0 Å². The maximum absolute atomic E-state index is 12.8. The molecule has 1 aromatic rings. The summed E-state index contributed by atoms with van der Waals surface area (Å²) < 4.78 is 27.2. The van der Waals surface area contributed by atoms with E-state index in [-0.39, 0.29) is 11.4 Å². The molecule has 1 saturated carbocycles. The summed E-state index contributed by atoms with van der Waals surface area (Å²) in [5.74, 6) is 0. The van der Waals surface area contributed by atoms with Gasteiger partial charge in [-0.1, -0.05) is 18.9 Å². The van der Waals surface area contributed by atoms with Gasteiger partial charge in [-0.25, -0.2) is 8.42 Å². The third-order valence-electron chi connectivity index (χ3n) is 4.86. The molecular weight excluding hydrogens is 306 g/mol. The first-order valence-electron chi connectivity index (χ1n) is 7.74. The average molecular weight is 328 g/mol. The molecule has 2 unspecified atom stereocenters. The molecule has 2 aliphatic carbocycles. The van der Waals surface area contributed by atoms with Crippen molar-refractivity contribution >= 4 is 21.6 Å². The van der Waals surface area contributed by atoms with Crippen LogP contribution in [0, 0.1) is 0 Å². The van der Waals surface area contributed by atoms with Crippen LogP contribution in [0.25, 0.3) is 0 Å². The third kappa shape index (κ3) is 2.86. The van der Waals surface area contributed by atoms with Gasteiger partial charge in [-0.3, -0.25) is 0 Å². The molecule has 5 heteroatoms. The first-order chi connectivity index (χ1) is 10.00. The Bertz CT molecular complexity index is 629. The fraction of sp³-hybridized carbons (Fsp3) is 0.625. The van der Waals surface area contributed by atoms with E-state index in [0.29, 0.717) is 4.90 Å². The summed E-state index contributed by atoms with van der Waals surface area (Å²) in [5.41, 5.74) is 2.49. The summed E-state index contributed by atoms with van der Waals surface area (Å²) in [5, 5.41) is -0.0760. The van der Waals surface area contributed by atoms with Crippen molar-refractivity contribution in [2.75, 3.05) is 7.05 Å². The lowest BCUT2D eigenvalue weighted by Gasteiger charge is -2.34. The molecule has 3 rings (SSSR count). The van der Waals surface area contributed by atoms with Gasteiger partial charge in [0.15, 0.2) is 0 Å². The van der Waals surface area contributed by atoms with Gasteiger partial charge in [0.05, 0.1) is 10.3 Å². The van der Waals surface area contributed by atoms with E-state index in [0.717, 1.165) is 44.9 Å². The molecule has 0 heterocycles. The molecule has 0 radical (unpaired) electrons. The number of hydrogen-bond donors (Lipinski definition) is 0. The highest BCUT2D eigenvalue weighted by atomic mass is 35.5.